The van der Waals surface area contributed by atoms with E-state index in [-0.39, 0.29) is 34.5 Å². The molecule has 162 valence electrons. The van der Waals surface area contributed by atoms with Crippen LogP contribution in [0.3, 0.4) is 0 Å². The van der Waals surface area contributed by atoms with Crippen LogP contribution in [0.1, 0.15) is 50.7 Å². The zero-order valence-corrected chi connectivity index (χ0v) is 18.5. The van der Waals surface area contributed by atoms with E-state index in [0.717, 1.165) is 5.69 Å². The number of benzene rings is 2. The molecule has 0 bridgehead atoms. The van der Waals surface area contributed by atoms with Gasteiger partial charge in [-0.2, -0.15) is 0 Å². The quantitative estimate of drug-likeness (QED) is 0.626. The molecule has 2 aromatic carbocycles. The van der Waals surface area contributed by atoms with E-state index in [9.17, 15) is 9.59 Å². The van der Waals surface area contributed by atoms with E-state index in [0.29, 0.717) is 23.1 Å². The van der Waals surface area contributed by atoms with Gasteiger partial charge in [-0.1, -0.05) is 50.3 Å². The average molecular weight is 427 g/mol. The van der Waals surface area contributed by atoms with Crippen LogP contribution in [0.4, 0.5) is 5.69 Å². The number of allylic oxidation sites excluding steroid dienone is 1. The first-order valence-corrected chi connectivity index (χ1v) is 11.1. The monoisotopic (exact) mass is 426 g/mol. The molecule has 3 aliphatic rings. The van der Waals surface area contributed by atoms with E-state index in [1.807, 2.05) is 35.2 Å². The minimum Gasteiger partial charge on any atom is -0.364 e. The van der Waals surface area contributed by atoms with Crippen LogP contribution in [0.5, 0.6) is 0 Å². The van der Waals surface area contributed by atoms with Crippen molar-refractivity contribution in [2.75, 3.05) is 5.32 Å². The van der Waals surface area contributed by atoms with E-state index >= 15 is 0 Å². The van der Waals surface area contributed by atoms with Gasteiger partial charge in [-0.05, 0) is 42.5 Å². The van der Waals surface area contributed by atoms with Crippen molar-refractivity contribution in [2.45, 2.75) is 50.9 Å². The maximum atomic E-state index is 13.8. The Morgan fingerprint density at radius 3 is 2.66 bits per heavy atom. The molecule has 32 heavy (non-hydrogen) atoms. The molecule has 4 heterocycles. The predicted octanol–water partition coefficient (Wildman–Crippen LogP) is 4.15. The number of anilines is 1. The summed E-state index contributed by atoms with van der Waals surface area (Å²) in [6.07, 6.45) is 2.44. The Morgan fingerprint density at radius 1 is 1.16 bits per heavy atom. The molecule has 0 unspecified atom stereocenters. The highest BCUT2D eigenvalue weighted by Gasteiger charge is 2.66. The van der Waals surface area contributed by atoms with E-state index in [4.69, 9.17) is 4.98 Å². The van der Waals surface area contributed by atoms with Crippen molar-refractivity contribution >= 4 is 22.5 Å². The molecule has 6 nitrogen and oxygen atoms in total. The second kappa shape index (κ2) is 6.09. The van der Waals surface area contributed by atoms with E-state index in [1.54, 1.807) is 17.6 Å². The zero-order chi connectivity index (χ0) is 22.4. The third-order valence-electron chi connectivity index (χ3n) is 8.09. The molecule has 1 saturated heterocycles. The number of carbonyl (C=O) groups is 1. The fraction of sp³-hybridized carbons (Fsp3) is 0.346. The molecule has 6 rings (SSSR count). The molecule has 1 N–H and O–H groups in total. The summed E-state index contributed by atoms with van der Waals surface area (Å²) in [6.45, 7) is 10.3. The predicted molar refractivity (Wildman–Crippen MR) is 124 cm³/mol. The second-order valence-corrected chi connectivity index (χ2v) is 9.79. The minimum atomic E-state index is -0.612. The van der Waals surface area contributed by atoms with Gasteiger partial charge in [0, 0.05) is 11.1 Å². The van der Waals surface area contributed by atoms with Gasteiger partial charge in [-0.25, -0.2) is 4.98 Å². The molecule has 3 aliphatic heterocycles. The summed E-state index contributed by atoms with van der Waals surface area (Å²) in [5.74, 6) is 0.627. The summed E-state index contributed by atoms with van der Waals surface area (Å²) in [4.78, 5) is 34.1. The number of amides is 1. The van der Waals surface area contributed by atoms with Crippen LogP contribution in [0.15, 0.2) is 66.0 Å². The van der Waals surface area contributed by atoms with Crippen molar-refractivity contribution in [1.29, 1.82) is 0 Å². The number of carbonyl (C=O) groups excluding carboxylic acids is 1. The molecule has 1 fully saturated rings. The summed E-state index contributed by atoms with van der Waals surface area (Å²) < 4.78 is 1.62. The van der Waals surface area contributed by atoms with Gasteiger partial charge in [-0.3, -0.25) is 14.2 Å². The number of para-hydroxylation sites is 2. The lowest BCUT2D eigenvalue weighted by molar-refractivity contribution is -0.140. The number of fused-ring (bicyclic) bond motifs is 8. The van der Waals surface area contributed by atoms with Crippen LogP contribution >= 0.6 is 0 Å². The van der Waals surface area contributed by atoms with Gasteiger partial charge in [0.05, 0.1) is 16.9 Å². The summed E-state index contributed by atoms with van der Waals surface area (Å²) in [7, 11) is 0. The Labute approximate surface area is 186 Å². The van der Waals surface area contributed by atoms with Crippen LogP contribution in [-0.4, -0.2) is 26.5 Å². The second-order valence-electron chi connectivity index (χ2n) is 9.79. The van der Waals surface area contributed by atoms with Gasteiger partial charge in [0.25, 0.3) is 5.56 Å². The average Bonchev–Trinajstić information content (AvgIpc) is 3.31. The van der Waals surface area contributed by atoms with E-state index in [2.05, 4.69) is 43.9 Å². The summed E-state index contributed by atoms with van der Waals surface area (Å²) in [5.41, 5.74) is 2.09. The number of nitrogens with one attached hydrogen (secondary N) is 1. The smallest absolute Gasteiger partial charge is 0.262 e. The third-order valence-corrected chi connectivity index (χ3v) is 8.09. The highest BCUT2D eigenvalue weighted by molar-refractivity contribution is 5.86. The first-order chi connectivity index (χ1) is 15.3. The normalized spacial score (nSPS) is 28.0. The Balaban J connectivity index is 1.64. The van der Waals surface area contributed by atoms with Gasteiger partial charge < -0.3 is 10.2 Å². The topological polar surface area (TPSA) is 67.2 Å². The first kappa shape index (κ1) is 19.3. The highest BCUT2D eigenvalue weighted by atomic mass is 16.2. The van der Waals surface area contributed by atoms with E-state index in [1.165, 1.54) is 5.56 Å². The lowest BCUT2D eigenvalue weighted by Crippen LogP contribution is -2.55. The van der Waals surface area contributed by atoms with Crippen molar-refractivity contribution in [2.24, 2.45) is 5.41 Å². The Kier molecular flexibility index (Phi) is 3.67. The molecule has 4 atom stereocenters. The van der Waals surface area contributed by atoms with Gasteiger partial charge in [0.2, 0.25) is 5.91 Å². The maximum Gasteiger partial charge on any atom is 0.262 e. The van der Waals surface area contributed by atoms with Gasteiger partial charge >= 0.3 is 0 Å². The Morgan fingerprint density at radius 2 is 1.88 bits per heavy atom. The fourth-order valence-corrected chi connectivity index (χ4v) is 6.27. The summed E-state index contributed by atoms with van der Waals surface area (Å²) in [6, 6.07) is 14.8. The van der Waals surface area contributed by atoms with Crippen LogP contribution in [-0.2, 0) is 10.2 Å². The highest BCUT2D eigenvalue weighted by Crippen LogP contribution is 2.63. The van der Waals surface area contributed by atoms with Crippen LogP contribution in [0.2, 0.25) is 0 Å². The number of hydrogen-bond donors (Lipinski definition) is 1. The van der Waals surface area contributed by atoms with E-state index < -0.39 is 6.04 Å². The van der Waals surface area contributed by atoms with Crippen LogP contribution in [0, 0.1) is 5.41 Å². The molecule has 3 aromatic rings. The van der Waals surface area contributed by atoms with Crippen molar-refractivity contribution in [3.63, 3.8) is 0 Å². The fourth-order valence-electron chi connectivity index (χ4n) is 6.27. The maximum absolute atomic E-state index is 13.8. The molecular weight excluding hydrogens is 400 g/mol. The Bertz CT molecular complexity index is 1370. The van der Waals surface area contributed by atoms with Crippen molar-refractivity contribution < 1.29 is 4.79 Å². The molecule has 0 spiro atoms. The van der Waals surface area contributed by atoms with Crippen molar-refractivity contribution in [3.05, 3.63) is 82.9 Å². The number of nitrogens with zero attached hydrogens (tertiary/aromatic N) is 3. The molecule has 0 radical (unpaired) electrons. The van der Waals surface area contributed by atoms with Crippen LogP contribution in [0.25, 0.3) is 10.9 Å². The summed E-state index contributed by atoms with van der Waals surface area (Å²) in [5, 5.41) is 4.20. The first-order valence-electron chi connectivity index (χ1n) is 11.1. The number of rotatable bonds is 2. The third kappa shape index (κ3) is 2.08. The number of aromatic nitrogens is 2. The molecule has 1 amide bonds. The molecular formula is C26H26N4O2. The Hall–Kier alpha value is -3.41. The van der Waals surface area contributed by atoms with Gasteiger partial charge in [0.1, 0.15) is 18.0 Å². The minimum absolute atomic E-state index is 0.0475. The molecule has 0 aliphatic carbocycles. The lowest BCUT2D eigenvalue weighted by Gasteiger charge is -2.44. The summed E-state index contributed by atoms with van der Waals surface area (Å²) >= 11 is 0. The SMILES string of the molecule is C=CC(C)(C)[C@@]12C[C@H]3c4nc5ccccc5c(=O)n4[C@H](C)C(=O)N3[C@@H]1Nc1ccccc12. The van der Waals surface area contributed by atoms with Crippen molar-refractivity contribution in [1.82, 2.24) is 14.5 Å². The van der Waals surface area contributed by atoms with Gasteiger partial charge in [0.15, 0.2) is 0 Å². The standard InChI is InChI=1S/C26H26N4O2/c1-5-25(3,4)26-14-20-21-27-18-12-8-6-10-16(18)23(32)29(21)15(2)22(31)30(20)24(26)28-19-13-9-7-11-17(19)26/h5-13,15,20,24,28H,1,14H2,2-4H3/t15-,20+,24+,26-/m1/s1. The molecule has 6 heteroatoms. The van der Waals surface area contributed by atoms with Crippen molar-refractivity contribution in [3.8, 4) is 0 Å². The van der Waals surface area contributed by atoms with Gasteiger partial charge in [-0.15, -0.1) is 6.58 Å². The number of hydrogen-bond acceptors (Lipinski definition) is 4. The molecule has 1 aromatic heterocycles. The molecule has 0 saturated carbocycles. The van der Waals surface area contributed by atoms with Crippen LogP contribution < -0.4 is 10.9 Å². The largest absolute Gasteiger partial charge is 0.364 e. The zero-order valence-electron chi connectivity index (χ0n) is 18.5. The lowest BCUT2D eigenvalue weighted by atomic mass is 9.60.